The van der Waals surface area contributed by atoms with Crippen molar-refractivity contribution in [1.29, 1.82) is 0 Å². The quantitative estimate of drug-likeness (QED) is 0.235. The van der Waals surface area contributed by atoms with Gasteiger partial charge in [0.15, 0.2) is 0 Å². The van der Waals surface area contributed by atoms with Crippen LogP contribution in [0.4, 0.5) is 11.7 Å². The smallest absolute Gasteiger partial charge is 0.349 e. The van der Waals surface area contributed by atoms with Crippen LogP contribution in [0.5, 0.6) is 0 Å². The van der Waals surface area contributed by atoms with Gasteiger partial charge in [-0.25, -0.2) is 9.79 Å². The molecule has 0 saturated heterocycles. The predicted molar refractivity (Wildman–Crippen MR) is 96.1 cm³/mol. The van der Waals surface area contributed by atoms with Gasteiger partial charge in [-0.3, -0.25) is 10.1 Å². The highest BCUT2D eigenvalue weighted by molar-refractivity contribution is 5.82. The third-order valence-corrected chi connectivity index (χ3v) is 3.69. The summed E-state index contributed by atoms with van der Waals surface area (Å²) in [6, 6.07) is 14.5. The Morgan fingerprint density at radius 3 is 2.74 bits per heavy atom. The van der Waals surface area contributed by atoms with E-state index in [-0.39, 0.29) is 23.2 Å². The molecule has 0 fully saturated rings. The first-order chi connectivity index (χ1) is 13.1. The lowest BCUT2D eigenvalue weighted by molar-refractivity contribution is -0.384. The minimum Gasteiger partial charge on any atom is -0.422 e. The lowest BCUT2D eigenvalue weighted by Crippen LogP contribution is -2.02. The first-order valence-corrected chi connectivity index (χ1v) is 7.75. The first kappa shape index (κ1) is 16.3. The second kappa shape index (κ2) is 6.64. The first-order valence-electron chi connectivity index (χ1n) is 7.75. The number of aliphatic imine (C=N–C) groups is 1. The van der Waals surface area contributed by atoms with Crippen LogP contribution in [-0.2, 0) is 0 Å². The normalized spacial score (nSPS) is 11.3. The Morgan fingerprint density at radius 2 is 1.89 bits per heavy atom. The average molecular weight is 362 g/mol. The van der Waals surface area contributed by atoms with E-state index in [2.05, 4.69) is 15.2 Å². The third-order valence-electron chi connectivity index (χ3n) is 3.69. The summed E-state index contributed by atoms with van der Waals surface area (Å²) in [5.74, 6) is -0.0271. The standard InChI is InChI=1S/C18H10N4O5/c23-17-14(9-12-5-1-2-7-15(12)26-17)16-20-21-18(27-16)19-10-11-4-3-6-13(8-11)22(24)25/h1-10H/b19-10+. The molecule has 132 valence electrons. The van der Waals surface area contributed by atoms with Crippen LogP contribution >= 0.6 is 0 Å². The van der Waals surface area contributed by atoms with Crippen LogP contribution < -0.4 is 5.63 Å². The van der Waals surface area contributed by atoms with E-state index in [0.29, 0.717) is 16.5 Å². The Kier molecular flexibility index (Phi) is 4.01. The summed E-state index contributed by atoms with van der Waals surface area (Å²) < 4.78 is 10.6. The van der Waals surface area contributed by atoms with Gasteiger partial charge in [-0.05, 0) is 17.7 Å². The molecule has 0 aliphatic heterocycles. The van der Waals surface area contributed by atoms with Crippen molar-refractivity contribution in [2.75, 3.05) is 0 Å². The van der Waals surface area contributed by atoms with Crippen molar-refractivity contribution in [3.63, 3.8) is 0 Å². The third kappa shape index (κ3) is 3.33. The van der Waals surface area contributed by atoms with Crippen LogP contribution in [0.3, 0.4) is 0 Å². The van der Waals surface area contributed by atoms with Crippen molar-refractivity contribution in [3.05, 3.63) is 80.7 Å². The van der Waals surface area contributed by atoms with Crippen LogP contribution in [0, 0.1) is 10.1 Å². The van der Waals surface area contributed by atoms with Gasteiger partial charge in [0.1, 0.15) is 11.1 Å². The van der Waals surface area contributed by atoms with E-state index >= 15 is 0 Å². The van der Waals surface area contributed by atoms with Gasteiger partial charge in [-0.2, -0.15) is 0 Å². The number of nitro groups is 1. The summed E-state index contributed by atoms with van der Waals surface area (Å²) in [6.07, 6.45) is 1.35. The molecule has 0 aliphatic rings. The topological polar surface area (TPSA) is 125 Å². The van der Waals surface area contributed by atoms with Gasteiger partial charge in [0.2, 0.25) is 0 Å². The van der Waals surface area contributed by atoms with E-state index < -0.39 is 10.5 Å². The molecule has 4 aromatic rings. The Labute approximate surface area is 150 Å². The molecule has 2 aromatic heterocycles. The molecule has 9 heteroatoms. The molecule has 0 atom stereocenters. The summed E-state index contributed by atoms with van der Waals surface area (Å²) in [5.41, 5.74) is 0.410. The van der Waals surface area contributed by atoms with E-state index in [1.54, 1.807) is 36.4 Å². The zero-order chi connectivity index (χ0) is 18.8. The van der Waals surface area contributed by atoms with Crippen molar-refractivity contribution < 1.29 is 13.8 Å². The minimum atomic E-state index is -0.605. The molecule has 9 nitrogen and oxygen atoms in total. The number of fused-ring (bicyclic) bond motifs is 1. The average Bonchev–Trinajstić information content (AvgIpc) is 3.15. The summed E-state index contributed by atoms with van der Waals surface area (Å²) >= 11 is 0. The monoisotopic (exact) mass is 362 g/mol. The van der Waals surface area contributed by atoms with Crippen LogP contribution in [0.2, 0.25) is 0 Å². The van der Waals surface area contributed by atoms with Crippen LogP contribution in [-0.4, -0.2) is 21.3 Å². The van der Waals surface area contributed by atoms with E-state index in [0.717, 1.165) is 0 Å². The Balaban J connectivity index is 1.64. The number of non-ortho nitro benzene ring substituents is 1. The maximum Gasteiger partial charge on any atom is 0.349 e. The van der Waals surface area contributed by atoms with E-state index in [1.807, 2.05) is 6.07 Å². The van der Waals surface area contributed by atoms with Crippen molar-refractivity contribution in [1.82, 2.24) is 10.2 Å². The van der Waals surface area contributed by atoms with Crippen molar-refractivity contribution in [3.8, 4) is 11.5 Å². The van der Waals surface area contributed by atoms with Gasteiger partial charge in [0.25, 0.3) is 11.6 Å². The van der Waals surface area contributed by atoms with Crippen LogP contribution in [0.1, 0.15) is 5.56 Å². The maximum atomic E-state index is 12.1. The van der Waals surface area contributed by atoms with Crippen LogP contribution in [0.15, 0.2) is 73.2 Å². The Hall–Kier alpha value is -4.14. The summed E-state index contributed by atoms with van der Waals surface area (Å²) in [5, 5.41) is 19.1. The largest absolute Gasteiger partial charge is 0.422 e. The van der Waals surface area contributed by atoms with Gasteiger partial charge >= 0.3 is 11.6 Å². The number of aromatic nitrogens is 2. The molecule has 0 spiro atoms. The fraction of sp³-hybridized carbons (Fsp3) is 0. The molecule has 0 radical (unpaired) electrons. The molecule has 2 aromatic carbocycles. The van der Waals surface area contributed by atoms with Crippen molar-refractivity contribution >= 4 is 28.9 Å². The highest BCUT2D eigenvalue weighted by Gasteiger charge is 2.14. The molecule has 0 bridgehead atoms. The molecular weight excluding hydrogens is 352 g/mol. The molecular formula is C18H10N4O5. The molecule has 27 heavy (non-hydrogen) atoms. The highest BCUT2D eigenvalue weighted by atomic mass is 16.6. The van der Waals surface area contributed by atoms with Gasteiger partial charge in [0.05, 0.1) is 4.92 Å². The maximum absolute atomic E-state index is 12.1. The van der Waals surface area contributed by atoms with Crippen molar-refractivity contribution in [2.45, 2.75) is 0 Å². The number of para-hydroxylation sites is 1. The number of rotatable bonds is 4. The van der Waals surface area contributed by atoms with Gasteiger partial charge in [-0.1, -0.05) is 35.4 Å². The zero-order valence-corrected chi connectivity index (χ0v) is 13.6. The fourth-order valence-electron chi connectivity index (χ4n) is 2.44. The second-order valence-electron chi connectivity index (χ2n) is 5.49. The Morgan fingerprint density at radius 1 is 1.04 bits per heavy atom. The van der Waals surface area contributed by atoms with Gasteiger partial charge < -0.3 is 8.83 Å². The molecule has 0 saturated carbocycles. The molecule has 2 heterocycles. The minimum absolute atomic E-state index is 0.0271. The lowest BCUT2D eigenvalue weighted by atomic mass is 10.2. The van der Waals surface area contributed by atoms with Crippen LogP contribution in [0.25, 0.3) is 22.4 Å². The number of benzene rings is 2. The number of hydrogen-bond acceptors (Lipinski definition) is 8. The molecule has 0 N–H and O–H groups in total. The molecule has 4 rings (SSSR count). The van der Waals surface area contributed by atoms with Crippen molar-refractivity contribution in [2.24, 2.45) is 4.99 Å². The zero-order valence-electron chi connectivity index (χ0n) is 13.6. The summed E-state index contributed by atoms with van der Waals surface area (Å²) in [6.45, 7) is 0. The van der Waals surface area contributed by atoms with E-state index in [4.69, 9.17) is 8.83 Å². The fourth-order valence-corrected chi connectivity index (χ4v) is 2.44. The molecule has 0 unspecified atom stereocenters. The highest BCUT2D eigenvalue weighted by Crippen LogP contribution is 2.22. The second-order valence-corrected chi connectivity index (χ2v) is 5.49. The van der Waals surface area contributed by atoms with Gasteiger partial charge in [0, 0.05) is 23.7 Å². The van der Waals surface area contributed by atoms with E-state index in [9.17, 15) is 14.9 Å². The number of hydrogen-bond donors (Lipinski definition) is 0. The Bertz CT molecular complexity index is 1240. The SMILES string of the molecule is O=c1oc2ccccc2cc1-c1nnc(/N=C/c2cccc([N+](=O)[O-])c2)o1. The summed E-state index contributed by atoms with van der Waals surface area (Å²) in [4.78, 5) is 26.4. The predicted octanol–water partition coefficient (Wildman–Crippen LogP) is 3.50. The van der Waals surface area contributed by atoms with Gasteiger partial charge in [-0.15, -0.1) is 5.10 Å². The lowest BCUT2D eigenvalue weighted by Gasteiger charge is -1.97. The number of nitrogens with zero attached hydrogens (tertiary/aromatic N) is 4. The summed E-state index contributed by atoms with van der Waals surface area (Å²) in [7, 11) is 0. The van der Waals surface area contributed by atoms with E-state index in [1.165, 1.54) is 18.3 Å². The molecule has 0 aliphatic carbocycles. The molecule has 0 amide bonds. The number of nitro benzene ring substituents is 1.